The SMILES string of the molecule is CC(C)(C)CCC1(COC(C)(C)C)CCC1. The van der Waals surface area contributed by atoms with Crippen LogP contribution < -0.4 is 0 Å². The Bertz CT molecular complexity index is 193. The van der Waals surface area contributed by atoms with Crippen molar-refractivity contribution in [1.29, 1.82) is 0 Å². The molecule has 96 valence electrons. The summed E-state index contributed by atoms with van der Waals surface area (Å²) >= 11 is 0. The summed E-state index contributed by atoms with van der Waals surface area (Å²) in [6.45, 7) is 14.4. The molecule has 0 aromatic heterocycles. The molecule has 0 aliphatic heterocycles. The van der Waals surface area contributed by atoms with Crippen LogP contribution in [0.5, 0.6) is 0 Å². The van der Waals surface area contributed by atoms with Crippen LogP contribution in [0.4, 0.5) is 0 Å². The van der Waals surface area contributed by atoms with Crippen LogP contribution in [0.15, 0.2) is 0 Å². The van der Waals surface area contributed by atoms with Gasteiger partial charge >= 0.3 is 0 Å². The third kappa shape index (κ3) is 4.86. The molecule has 0 aromatic rings. The van der Waals surface area contributed by atoms with Crippen molar-refractivity contribution in [3.05, 3.63) is 0 Å². The van der Waals surface area contributed by atoms with Gasteiger partial charge in [-0.15, -0.1) is 0 Å². The Kier molecular flexibility index (Phi) is 4.10. The highest BCUT2D eigenvalue weighted by Crippen LogP contribution is 2.47. The van der Waals surface area contributed by atoms with E-state index in [9.17, 15) is 0 Å². The first-order valence-corrected chi connectivity index (χ1v) is 6.76. The van der Waals surface area contributed by atoms with Gasteiger partial charge in [-0.25, -0.2) is 0 Å². The van der Waals surface area contributed by atoms with Gasteiger partial charge < -0.3 is 4.74 Å². The molecular formula is C15H30O. The van der Waals surface area contributed by atoms with Crippen molar-refractivity contribution in [2.24, 2.45) is 10.8 Å². The van der Waals surface area contributed by atoms with Gasteiger partial charge in [0.05, 0.1) is 12.2 Å². The second-order valence-electron chi connectivity index (χ2n) is 7.82. The summed E-state index contributed by atoms with van der Waals surface area (Å²) in [6, 6.07) is 0. The highest BCUT2D eigenvalue weighted by molar-refractivity contribution is 4.89. The van der Waals surface area contributed by atoms with E-state index in [2.05, 4.69) is 41.5 Å². The Labute approximate surface area is 102 Å². The molecule has 1 aliphatic carbocycles. The van der Waals surface area contributed by atoms with Crippen molar-refractivity contribution < 1.29 is 4.74 Å². The zero-order valence-electron chi connectivity index (χ0n) is 12.2. The number of hydrogen-bond acceptors (Lipinski definition) is 1. The molecule has 0 unspecified atom stereocenters. The summed E-state index contributed by atoms with van der Waals surface area (Å²) in [5, 5.41) is 0. The minimum absolute atomic E-state index is 0.0182. The summed E-state index contributed by atoms with van der Waals surface area (Å²) < 4.78 is 6.00. The molecule has 0 saturated heterocycles. The summed E-state index contributed by atoms with van der Waals surface area (Å²) in [5.74, 6) is 0. The van der Waals surface area contributed by atoms with Crippen molar-refractivity contribution in [1.82, 2.24) is 0 Å². The van der Waals surface area contributed by atoms with Gasteiger partial charge in [0.25, 0.3) is 0 Å². The monoisotopic (exact) mass is 226 g/mol. The van der Waals surface area contributed by atoms with Gasteiger partial charge in [-0.05, 0) is 57.3 Å². The molecule has 0 heterocycles. The van der Waals surface area contributed by atoms with E-state index in [-0.39, 0.29) is 5.60 Å². The molecule has 0 bridgehead atoms. The molecule has 0 amide bonds. The fraction of sp³-hybridized carbons (Fsp3) is 1.00. The average Bonchev–Trinajstić information content (AvgIpc) is 1.97. The van der Waals surface area contributed by atoms with Crippen LogP contribution in [-0.4, -0.2) is 12.2 Å². The van der Waals surface area contributed by atoms with Gasteiger partial charge in [0.2, 0.25) is 0 Å². The molecule has 1 saturated carbocycles. The Morgan fingerprint density at radius 3 is 1.88 bits per heavy atom. The molecule has 0 aromatic carbocycles. The average molecular weight is 226 g/mol. The second-order valence-corrected chi connectivity index (χ2v) is 7.82. The standard InChI is InChI=1S/C15H30O/c1-13(2,3)10-11-15(8-7-9-15)12-16-14(4,5)6/h7-12H2,1-6H3. The highest BCUT2D eigenvalue weighted by Gasteiger charge is 2.38. The molecule has 0 N–H and O–H groups in total. The van der Waals surface area contributed by atoms with Crippen molar-refractivity contribution in [3.63, 3.8) is 0 Å². The maximum Gasteiger partial charge on any atom is 0.0598 e. The van der Waals surface area contributed by atoms with E-state index in [4.69, 9.17) is 4.74 Å². The lowest BCUT2D eigenvalue weighted by atomic mass is 9.65. The van der Waals surface area contributed by atoms with Gasteiger partial charge in [0, 0.05) is 0 Å². The first-order chi connectivity index (χ1) is 7.12. The smallest absolute Gasteiger partial charge is 0.0598 e. The van der Waals surface area contributed by atoms with Crippen molar-refractivity contribution >= 4 is 0 Å². The summed E-state index contributed by atoms with van der Waals surface area (Å²) in [4.78, 5) is 0. The maximum absolute atomic E-state index is 6.00. The Morgan fingerprint density at radius 2 is 1.56 bits per heavy atom. The highest BCUT2D eigenvalue weighted by atomic mass is 16.5. The summed E-state index contributed by atoms with van der Waals surface area (Å²) in [7, 11) is 0. The molecule has 1 rings (SSSR count). The van der Waals surface area contributed by atoms with E-state index in [1.807, 2.05) is 0 Å². The lowest BCUT2D eigenvalue weighted by Gasteiger charge is -2.44. The molecule has 0 atom stereocenters. The topological polar surface area (TPSA) is 9.23 Å². The fourth-order valence-electron chi connectivity index (χ4n) is 2.15. The number of ether oxygens (including phenoxy) is 1. The van der Waals surface area contributed by atoms with E-state index in [0.717, 1.165) is 6.61 Å². The molecule has 0 spiro atoms. The summed E-state index contributed by atoms with van der Waals surface area (Å²) in [5.41, 5.74) is 0.995. The lowest BCUT2D eigenvalue weighted by Crippen LogP contribution is -2.38. The Hall–Kier alpha value is -0.0400. The fourth-order valence-corrected chi connectivity index (χ4v) is 2.15. The summed E-state index contributed by atoms with van der Waals surface area (Å²) in [6.07, 6.45) is 6.81. The van der Waals surface area contributed by atoms with E-state index in [1.165, 1.54) is 32.1 Å². The van der Waals surface area contributed by atoms with Crippen LogP contribution in [0, 0.1) is 10.8 Å². The van der Waals surface area contributed by atoms with E-state index < -0.39 is 0 Å². The maximum atomic E-state index is 6.00. The predicted molar refractivity (Wildman–Crippen MR) is 70.7 cm³/mol. The lowest BCUT2D eigenvalue weighted by molar-refractivity contribution is -0.0844. The van der Waals surface area contributed by atoms with Gasteiger partial charge in [-0.1, -0.05) is 27.2 Å². The molecule has 16 heavy (non-hydrogen) atoms. The predicted octanol–water partition coefficient (Wildman–Crippen LogP) is 4.80. The van der Waals surface area contributed by atoms with Crippen molar-refractivity contribution in [3.8, 4) is 0 Å². The van der Waals surface area contributed by atoms with Gasteiger partial charge in [-0.3, -0.25) is 0 Å². The van der Waals surface area contributed by atoms with Crippen LogP contribution in [0.1, 0.15) is 73.6 Å². The zero-order valence-corrected chi connectivity index (χ0v) is 12.2. The second kappa shape index (κ2) is 4.68. The molecule has 1 fully saturated rings. The van der Waals surface area contributed by atoms with E-state index in [1.54, 1.807) is 0 Å². The van der Waals surface area contributed by atoms with Crippen LogP contribution in [0.25, 0.3) is 0 Å². The zero-order chi connectivity index (χ0) is 12.4. The first-order valence-electron chi connectivity index (χ1n) is 6.76. The molecule has 1 heteroatoms. The Morgan fingerprint density at radius 1 is 1.00 bits per heavy atom. The third-order valence-corrected chi connectivity index (χ3v) is 3.63. The number of hydrogen-bond donors (Lipinski definition) is 0. The number of rotatable bonds is 4. The third-order valence-electron chi connectivity index (χ3n) is 3.63. The van der Waals surface area contributed by atoms with Gasteiger partial charge in [0.15, 0.2) is 0 Å². The largest absolute Gasteiger partial charge is 0.375 e. The molecule has 1 nitrogen and oxygen atoms in total. The van der Waals surface area contributed by atoms with Gasteiger partial charge in [-0.2, -0.15) is 0 Å². The van der Waals surface area contributed by atoms with Crippen molar-refractivity contribution in [2.45, 2.75) is 79.2 Å². The van der Waals surface area contributed by atoms with Crippen LogP contribution in [-0.2, 0) is 4.74 Å². The normalized spacial score (nSPS) is 20.6. The van der Waals surface area contributed by atoms with Crippen molar-refractivity contribution in [2.75, 3.05) is 6.61 Å². The Balaban J connectivity index is 2.39. The molecular weight excluding hydrogens is 196 g/mol. The van der Waals surface area contributed by atoms with Crippen LogP contribution in [0.2, 0.25) is 0 Å². The minimum atomic E-state index is 0.0182. The van der Waals surface area contributed by atoms with Crippen LogP contribution in [0.3, 0.4) is 0 Å². The van der Waals surface area contributed by atoms with E-state index in [0.29, 0.717) is 10.8 Å². The van der Waals surface area contributed by atoms with Crippen LogP contribution >= 0.6 is 0 Å². The first kappa shape index (κ1) is 14.0. The minimum Gasteiger partial charge on any atom is -0.375 e. The quantitative estimate of drug-likeness (QED) is 0.669. The van der Waals surface area contributed by atoms with E-state index >= 15 is 0 Å². The molecule has 0 radical (unpaired) electrons. The van der Waals surface area contributed by atoms with Gasteiger partial charge in [0.1, 0.15) is 0 Å². The molecule has 1 aliphatic rings.